The number of carbonyl (C=O) groups excluding carboxylic acids is 3. The summed E-state index contributed by atoms with van der Waals surface area (Å²) in [5.41, 5.74) is -1.56. The van der Waals surface area contributed by atoms with Crippen molar-refractivity contribution in [2.75, 3.05) is 16.8 Å². The number of anilines is 2. The standard InChI is InChI=1S/C21H25F3N4O3S/c1-4-20(2,3)27-17(30)13-28(15-7-5-6-14(12-15)21(22,23)24)18(31)9-8-16(29)26-19-25-10-11-32-19/h5-7,10-12H,4,8-9,13H2,1-3H3,(H,27,30)(H,25,26,29). The van der Waals surface area contributed by atoms with Gasteiger partial charge in [0.2, 0.25) is 17.7 Å². The van der Waals surface area contributed by atoms with Crippen molar-refractivity contribution < 1.29 is 27.6 Å². The SMILES string of the molecule is CCC(C)(C)NC(=O)CN(C(=O)CCC(=O)Nc1nccs1)c1cccc(C(F)(F)F)c1. The minimum Gasteiger partial charge on any atom is -0.350 e. The van der Waals surface area contributed by atoms with Gasteiger partial charge in [-0.2, -0.15) is 13.2 Å². The number of nitrogens with zero attached hydrogens (tertiary/aromatic N) is 2. The molecule has 1 aromatic carbocycles. The molecule has 2 aromatic rings. The zero-order valence-electron chi connectivity index (χ0n) is 18.0. The van der Waals surface area contributed by atoms with E-state index in [4.69, 9.17) is 0 Å². The molecule has 0 radical (unpaired) electrons. The fourth-order valence-electron chi connectivity index (χ4n) is 2.64. The van der Waals surface area contributed by atoms with Crippen LogP contribution in [0.25, 0.3) is 0 Å². The summed E-state index contributed by atoms with van der Waals surface area (Å²) >= 11 is 1.21. The molecule has 0 fully saturated rings. The first kappa shape index (κ1) is 25.3. The van der Waals surface area contributed by atoms with Gasteiger partial charge in [-0.15, -0.1) is 11.3 Å². The molecular formula is C21H25F3N4O3S. The van der Waals surface area contributed by atoms with Gasteiger partial charge in [0.1, 0.15) is 6.54 Å². The summed E-state index contributed by atoms with van der Waals surface area (Å²) in [6.45, 7) is 4.99. The Kier molecular flexibility index (Phi) is 8.37. The zero-order valence-corrected chi connectivity index (χ0v) is 18.8. The molecule has 0 spiro atoms. The van der Waals surface area contributed by atoms with E-state index in [0.717, 1.165) is 17.0 Å². The molecule has 2 rings (SSSR count). The van der Waals surface area contributed by atoms with Crippen LogP contribution in [0.2, 0.25) is 0 Å². The van der Waals surface area contributed by atoms with Gasteiger partial charge in [-0.05, 0) is 38.5 Å². The Morgan fingerprint density at radius 2 is 1.84 bits per heavy atom. The highest BCUT2D eigenvalue weighted by Gasteiger charge is 2.32. The maximum absolute atomic E-state index is 13.2. The van der Waals surface area contributed by atoms with Gasteiger partial charge >= 0.3 is 6.18 Å². The Morgan fingerprint density at radius 3 is 2.44 bits per heavy atom. The summed E-state index contributed by atoms with van der Waals surface area (Å²) in [6, 6.07) is 4.18. The van der Waals surface area contributed by atoms with Crippen LogP contribution in [-0.2, 0) is 20.6 Å². The Balaban J connectivity index is 2.18. The second-order valence-corrected chi connectivity index (χ2v) is 8.59. The van der Waals surface area contributed by atoms with Crippen molar-refractivity contribution >= 4 is 39.9 Å². The molecule has 32 heavy (non-hydrogen) atoms. The molecule has 1 heterocycles. The highest BCUT2D eigenvalue weighted by Crippen LogP contribution is 2.32. The summed E-state index contributed by atoms with van der Waals surface area (Å²) < 4.78 is 39.5. The van der Waals surface area contributed by atoms with Gasteiger partial charge in [-0.1, -0.05) is 13.0 Å². The van der Waals surface area contributed by atoms with Crippen LogP contribution in [0.4, 0.5) is 24.0 Å². The first-order chi connectivity index (χ1) is 14.9. The molecule has 7 nitrogen and oxygen atoms in total. The summed E-state index contributed by atoms with van der Waals surface area (Å²) in [7, 11) is 0. The molecule has 0 aliphatic heterocycles. The largest absolute Gasteiger partial charge is 0.416 e. The van der Waals surface area contributed by atoms with Crippen molar-refractivity contribution in [2.45, 2.75) is 51.7 Å². The number of benzene rings is 1. The van der Waals surface area contributed by atoms with Crippen molar-refractivity contribution in [1.29, 1.82) is 0 Å². The van der Waals surface area contributed by atoms with E-state index in [1.807, 2.05) is 6.92 Å². The van der Waals surface area contributed by atoms with Crippen LogP contribution in [-0.4, -0.2) is 34.8 Å². The highest BCUT2D eigenvalue weighted by molar-refractivity contribution is 7.13. The lowest BCUT2D eigenvalue weighted by Gasteiger charge is -2.28. The lowest BCUT2D eigenvalue weighted by Crippen LogP contribution is -2.48. The quantitative estimate of drug-likeness (QED) is 0.574. The third-order valence-electron chi connectivity index (χ3n) is 4.69. The number of carbonyl (C=O) groups is 3. The van der Waals surface area contributed by atoms with Crippen molar-refractivity contribution in [3.8, 4) is 0 Å². The van der Waals surface area contributed by atoms with E-state index in [9.17, 15) is 27.6 Å². The number of aromatic nitrogens is 1. The highest BCUT2D eigenvalue weighted by atomic mass is 32.1. The van der Waals surface area contributed by atoms with E-state index < -0.39 is 41.5 Å². The topological polar surface area (TPSA) is 91.4 Å². The van der Waals surface area contributed by atoms with Crippen LogP contribution < -0.4 is 15.5 Å². The first-order valence-electron chi connectivity index (χ1n) is 9.89. The molecule has 0 saturated heterocycles. The van der Waals surface area contributed by atoms with Crippen molar-refractivity contribution in [3.05, 3.63) is 41.4 Å². The molecule has 0 atom stereocenters. The maximum atomic E-state index is 13.2. The van der Waals surface area contributed by atoms with Gasteiger partial charge in [-0.3, -0.25) is 14.4 Å². The number of nitrogens with one attached hydrogen (secondary N) is 2. The van der Waals surface area contributed by atoms with E-state index in [0.29, 0.717) is 11.6 Å². The molecular weight excluding hydrogens is 445 g/mol. The molecule has 174 valence electrons. The summed E-state index contributed by atoms with van der Waals surface area (Å²) in [5.74, 6) is -1.63. The van der Waals surface area contributed by atoms with E-state index >= 15 is 0 Å². The Morgan fingerprint density at radius 1 is 1.12 bits per heavy atom. The molecule has 0 bridgehead atoms. The predicted octanol–water partition coefficient (Wildman–Crippen LogP) is 4.22. The monoisotopic (exact) mass is 470 g/mol. The second-order valence-electron chi connectivity index (χ2n) is 7.70. The molecule has 2 N–H and O–H groups in total. The van der Waals surface area contributed by atoms with Crippen LogP contribution in [0.1, 0.15) is 45.6 Å². The van der Waals surface area contributed by atoms with Crippen LogP contribution in [0.15, 0.2) is 35.8 Å². The molecule has 0 aliphatic rings. The van der Waals surface area contributed by atoms with Gasteiger partial charge in [0.25, 0.3) is 0 Å². The van der Waals surface area contributed by atoms with Gasteiger partial charge in [0.05, 0.1) is 5.56 Å². The lowest BCUT2D eigenvalue weighted by molar-refractivity contribution is -0.137. The number of rotatable bonds is 9. The Labute approximate surface area is 188 Å². The minimum atomic E-state index is -4.61. The zero-order chi connectivity index (χ0) is 23.9. The van der Waals surface area contributed by atoms with Crippen molar-refractivity contribution in [1.82, 2.24) is 10.3 Å². The molecule has 1 aromatic heterocycles. The average molecular weight is 471 g/mol. The van der Waals surface area contributed by atoms with Crippen LogP contribution in [0.5, 0.6) is 0 Å². The average Bonchev–Trinajstić information content (AvgIpc) is 3.22. The van der Waals surface area contributed by atoms with Gasteiger partial charge in [-0.25, -0.2) is 4.98 Å². The number of amides is 3. The smallest absolute Gasteiger partial charge is 0.350 e. The normalized spacial score (nSPS) is 11.7. The van der Waals surface area contributed by atoms with Gasteiger partial charge in [0.15, 0.2) is 5.13 Å². The second kappa shape index (κ2) is 10.6. The Bertz CT molecular complexity index is 946. The molecule has 11 heteroatoms. The Hall–Kier alpha value is -2.95. The summed E-state index contributed by atoms with van der Waals surface area (Å²) in [5, 5.41) is 7.34. The molecule has 0 saturated carbocycles. The third-order valence-corrected chi connectivity index (χ3v) is 5.38. The van der Waals surface area contributed by atoms with E-state index in [1.54, 1.807) is 19.2 Å². The number of hydrogen-bond donors (Lipinski definition) is 2. The number of halogens is 3. The molecule has 0 unspecified atom stereocenters. The maximum Gasteiger partial charge on any atom is 0.416 e. The van der Waals surface area contributed by atoms with Crippen molar-refractivity contribution in [3.63, 3.8) is 0 Å². The fourth-order valence-corrected chi connectivity index (χ4v) is 3.19. The number of alkyl halides is 3. The fraction of sp³-hybridized carbons (Fsp3) is 0.429. The molecule has 3 amide bonds. The summed E-state index contributed by atoms with van der Waals surface area (Å²) in [6.07, 6.45) is -2.98. The number of thiazole rings is 1. The van der Waals surface area contributed by atoms with Crippen molar-refractivity contribution in [2.24, 2.45) is 0 Å². The van der Waals surface area contributed by atoms with Crippen LogP contribution >= 0.6 is 11.3 Å². The minimum absolute atomic E-state index is 0.0744. The van der Waals surface area contributed by atoms with Crippen LogP contribution in [0, 0.1) is 0 Å². The number of hydrogen-bond acceptors (Lipinski definition) is 5. The van der Waals surface area contributed by atoms with E-state index in [-0.39, 0.29) is 18.5 Å². The third kappa shape index (κ3) is 7.63. The van der Waals surface area contributed by atoms with E-state index in [2.05, 4.69) is 15.6 Å². The first-order valence-corrected chi connectivity index (χ1v) is 10.8. The van der Waals surface area contributed by atoms with Crippen LogP contribution in [0.3, 0.4) is 0 Å². The van der Waals surface area contributed by atoms with E-state index in [1.165, 1.54) is 29.7 Å². The molecule has 0 aliphatic carbocycles. The predicted molar refractivity (Wildman–Crippen MR) is 116 cm³/mol. The van der Waals surface area contributed by atoms with Gasteiger partial charge < -0.3 is 15.5 Å². The lowest BCUT2D eigenvalue weighted by atomic mass is 10.0. The summed E-state index contributed by atoms with van der Waals surface area (Å²) in [4.78, 5) is 42.3. The van der Waals surface area contributed by atoms with Gasteiger partial charge in [0, 0.05) is 35.6 Å².